The number of nitrogens with one attached hydrogen (secondary N) is 1. The molecule has 1 aliphatic heterocycles. The van der Waals surface area contributed by atoms with E-state index in [0.29, 0.717) is 18.7 Å². The van der Waals surface area contributed by atoms with Crippen LogP contribution in [0.3, 0.4) is 0 Å². The second-order valence-electron chi connectivity index (χ2n) is 8.21. The molecule has 162 valence electrons. The Balaban J connectivity index is 1.59. The molecule has 2 aromatic carbocycles. The van der Waals surface area contributed by atoms with Crippen molar-refractivity contribution in [2.24, 2.45) is 0 Å². The molecule has 1 saturated heterocycles. The summed E-state index contributed by atoms with van der Waals surface area (Å²) in [4.78, 5) is 12.8. The van der Waals surface area contributed by atoms with Gasteiger partial charge in [0.05, 0.1) is 23.2 Å². The van der Waals surface area contributed by atoms with Gasteiger partial charge in [0.15, 0.2) is 15.5 Å². The second kappa shape index (κ2) is 8.67. The Labute approximate surface area is 183 Å². The minimum atomic E-state index is -3.07. The number of benzene rings is 2. The van der Waals surface area contributed by atoms with E-state index >= 15 is 0 Å². The number of hydrogen-bond donors (Lipinski definition) is 1. The van der Waals surface area contributed by atoms with Crippen LogP contribution in [-0.2, 0) is 16.3 Å². The molecule has 1 aromatic heterocycles. The van der Waals surface area contributed by atoms with Gasteiger partial charge in [-0.2, -0.15) is 5.10 Å². The Morgan fingerprint density at radius 2 is 1.87 bits per heavy atom. The van der Waals surface area contributed by atoms with Gasteiger partial charge in [0.2, 0.25) is 0 Å². The zero-order valence-electron chi connectivity index (χ0n) is 17.8. The predicted molar refractivity (Wildman–Crippen MR) is 122 cm³/mol. The summed E-state index contributed by atoms with van der Waals surface area (Å²) in [7, 11) is -3.07. The first kappa shape index (κ1) is 21.3. The Kier molecular flexibility index (Phi) is 5.96. The van der Waals surface area contributed by atoms with Gasteiger partial charge >= 0.3 is 0 Å². The highest BCUT2D eigenvalue weighted by Crippen LogP contribution is 2.31. The van der Waals surface area contributed by atoms with Gasteiger partial charge in [-0.3, -0.25) is 9.48 Å². The summed E-state index contributed by atoms with van der Waals surface area (Å²) in [5.74, 6) is -0.0370. The number of sulfone groups is 1. The van der Waals surface area contributed by atoms with E-state index in [-0.39, 0.29) is 23.5 Å². The first-order chi connectivity index (χ1) is 14.8. The first-order valence-corrected chi connectivity index (χ1v) is 12.3. The molecule has 1 amide bonds. The highest BCUT2D eigenvalue weighted by Gasteiger charge is 2.32. The van der Waals surface area contributed by atoms with Crippen LogP contribution in [-0.4, -0.2) is 42.2 Å². The van der Waals surface area contributed by atoms with Crippen LogP contribution in [0.4, 0.5) is 0 Å². The number of aromatic nitrogens is 2. The first-order valence-electron chi connectivity index (χ1n) is 10.5. The third-order valence-electron chi connectivity index (χ3n) is 5.87. The maximum atomic E-state index is 12.8. The zero-order chi connectivity index (χ0) is 22.0. The maximum Gasteiger partial charge on any atom is 0.271 e. The highest BCUT2D eigenvalue weighted by atomic mass is 32.2. The van der Waals surface area contributed by atoms with Crippen LogP contribution < -0.4 is 5.32 Å². The Morgan fingerprint density at radius 1 is 1.10 bits per heavy atom. The lowest BCUT2D eigenvalue weighted by atomic mass is 10.0. The molecule has 7 heteroatoms. The van der Waals surface area contributed by atoms with Crippen molar-refractivity contribution in [3.63, 3.8) is 0 Å². The molecule has 1 fully saturated rings. The van der Waals surface area contributed by atoms with Gasteiger partial charge in [-0.05, 0) is 55.5 Å². The molecule has 1 atom stereocenters. The maximum absolute atomic E-state index is 12.8. The van der Waals surface area contributed by atoms with Crippen LogP contribution in [0.2, 0.25) is 0 Å². The van der Waals surface area contributed by atoms with E-state index in [0.717, 1.165) is 28.8 Å². The van der Waals surface area contributed by atoms with E-state index in [1.807, 2.05) is 56.3 Å². The Hall–Kier alpha value is -2.93. The smallest absolute Gasteiger partial charge is 0.271 e. The van der Waals surface area contributed by atoms with Crippen molar-refractivity contribution < 1.29 is 13.2 Å². The van der Waals surface area contributed by atoms with Gasteiger partial charge in [0, 0.05) is 12.1 Å². The van der Waals surface area contributed by atoms with Crippen LogP contribution in [0.25, 0.3) is 11.3 Å². The third-order valence-corrected chi connectivity index (χ3v) is 7.62. The van der Waals surface area contributed by atoms with Gasteiger partial charge in [-0.1, -0.05) is 42.5 Å². The summed E-state index contributed by atoms with van der Waals surface area (Å²) in [5.41, 5.74) is 5.49. The summed E-state index contributed by atoms with van der Waals surface area (Å²) in [6, 6.07) is 17.6. The fraction of sp³-hybridized carbons (Fsp3) is 0.333. The van der Waals surface area contributed by atoms with Crippen LogP contribution in [0.1, 0.15) is 39.6 Å². The second-order valence-corrected chi connectivity index (χ2v) is 10.4. The van der Waals surface area contributed by atoms with E-state index in [9.17, 15) is 13.2 Å². The molecule has 0 bridgehead atoms. The van der Waals surface area contributed by atoms with Gasteiger partial charge in [0.25, 0.3) is 5.91 Å². The quantitative estimate of drug-likeness (QED) is 0.640. The number of amides is 1. The summed E-state index contributed by atoms with van der Waals surface area (Å²) in [6.07, 6.45) is 1.25. The average molecular weight is 438 g/mol. The molecule has 31 heavy (non-hydrogen) atoms. The van der Waals surface area contributed by atoms with E-state index < -0.39 is 9.84 Å². The van der Waals surface area contributed by atoms with Crippen molar-refractivity contribution in [3.05, 3.63) is 77.0 Å². The van der Waals surface area contributed by atoms with Crippen molar-refractivity contribution in [1.82, 2.24) is 15.1 Å². The molecule has 0 radical (unpaired) electrons. The van der Waals surface area contributed by atoms with E-state index in [4.69, 9.17) is 0 Å². The highest BCUT2D eigenvalue weighted by molar-refractivity contribution is 7.91. The molecule has 2 heterocycles. The minimum Gasteiger partial charge on any atom is -0.350 e. The third kappa shape index (κ3) is 4.88. The van der Waals surface area contributed by atoms with Crippen molar-refractivity contribution in [2.45, 2.75) is 32.7 Å². The molecule has 3 aromatic rings. The van der Waals surface area contributed by atoms with Crippen LogP contribution in [0.5, 0.6) is 0 Å². The fourth-order valence-electron chi connectivity index (χ4n) is 3.92. The van der Waals surface area contributed by atoms with Crippen molar-refractivity contribution in [1.29, 1.82) is 0 Å². The molecule has 0 spiro atoms. The minimum absolute atomic E-state index is 0.0571. The molecule has 0 aliphatic carbocycles. The van der Waals surface area contributed by atoms with Gasteiger partial charge < -0.3 is 5.32 Å². The van der Waals surface area contributed by atoms with E-state index in [1.165, 1.54) is 5.56 Å². The lowest BCUT2D eigenvalue weighted by Gasteiger charge is -2.14. The van der Waals surface area contributed by atoms with Crippen LogP contribution in [0.15, 0.2) is 54.6 Å². The van der Waals surface area contributed by atoms with Gasteiger partial charge in [0.1, 0.15) is 0 Å². The topological polar surface area (TPSA) is 81.1 Å². The molecular weight excluding hydrogens is 410 g/mol. The van der Waals surface area contributed by atoms with Crippen LogP contribution in [0, 0.1) is 13.8 Å². The number of rotatable bonds is 6. The summed E-state index contributed by atoms with van der Waals surface area (Å²) in [6.45, 7) is 4.59. The predicted octanol–water partition coefficient (Wildman–Crippen LogP) is 3.50. The largest absolute Gasteiger partial charge is 0.350 e. The van der Waals surface area contributed by atoms with E-state index in [2.05, 4.69) is 16.5 Å². The van der Waals surface area contributed by atoms with Crippen molar-refractivity contribution in [3.8, 4) is 11.3 Å². The Morgan fingerprint density at radius 3 is 2.55 bits per heavy atom. The van der Waals surface area contributed by atoms with Gasteiger partial charge in [-0.25, -0.2) is 8.42 Å². The fourth-order valence-corrected chi connectivity index (χ4v) is 5.62. The molecule has 6 nitrogen and oxygen atoms in total. The molecule has 4 rings (SSSR count). The summed E-state index contributed by atoms with van der Waals surface area (Å²) < 4.78 is 25.9. The number of carbonyl (C=O) groups is 1. The number of aryl methyl sites for hydroxylation is 2. The number of nitrogens with zero attached hydrogens (tertiary/aromatic N) is 2. The van der Waals surface area contributed by atoms with Crippen LogP contribution >= 0.6 is 0 Å². The number of hydrogen-bond acceptors (Lipinski definition) is 4. The molecule has 1 unspecified atom stereocenters. The zero-order valence-corrected chi connectivity index (χ0v) is 18.7. The van der Waals surface area contributed by atoms with E-state index in [1.54, 1.807) is 10.7 Å². The summed E-state index contributed by atoms with van der Waals surface area (Å²) in [5, 5.41) is 7.49. The Bertz CT molecular complexity index is 1200. The van der Waals surface area contributed by atoms with Crippen molar-refractivity contribution >= 4 is 15.7 Å². The summed E-state index contributed by atoms with van der Waals surface area (Å²) >= 11 is 0. The van der Waals surface area contributed by atoms with Crippen molar-refractivity contribution in [2.75, 3.05) is 18.1 Å². The molecule has 0 saturated carbocycles. The lowest BCUT2D eigenvalue weighted by molar-refractivity contribution is 0.0948. The SMILES string of the molecule is Cc1ccc(-c2cc(C(=O)NCCc3ccccc3)nn2C2CCS(=O)(=O)C2)cc1C. The average Bonchev–Trinajstić information content (AvgIpc) is 3.34. The molecule has 1 N–H and O–H groups in total. The van der Waals surface area contributed by atoms with Gasteiger partial charge in [-0.15, -0.1) is 0 Å². The molecular formula is C24H27N3O3S. The standard InChI is InChI=1S/C24H27N3O3S/c1-17-8-9-20(14-18(17)2)23-15-22(26-27(23)21-11-13-31(29,30)16-21)24(28)25-12-10-19-6-4-3-5-7-19/h3-9,14-15,21H,10-13,16H2,1-2H3,(H,25,28). The monoisotopic (exact) mass is 437 g/mol. The normalized spacial score (nSPS) is 17.5. The molecule has 1 aliphatic rings. The number of carbonyl (C=O) groups excluding carboxylic acids is 1. The lowest BCUT2D eigenvalue weighted by Crippen LogP contribution is -2.26.